The molecule has 0 saturated heterocycles. The van der Waals surface area contributed by atoms with Crippen molar-refractivity contribution in [2.45, 2.75) is 0 Å². The third-order valence-corrected chi connectivity index (χ3v) is 0. The molecule has 0 atom stereocenters. The van der Waals surface area contributed by atoms with Crippen molar-refractivity contribution in [2.24, 2.45) is 11.5 Å². The first-order valence-electron chi connectivity index (χ1n) is 1.96. The maximum absolute atomic E-state index is 5.86. The van der Waals surface area contributed by atoms with Crippen LogP contribution in [-0.4, -0.2) is 15.9 Å². The molecule has 0 aromatic carbocycles. The number of hydrogen-bond acceptors (Lipinski definition) is 2. The average molecular weight is 701 g/mol. The zero-order valence-electron chi connectivity index (χ0n) is 5.24. The Morgan fingerprint density at radius 1 is 1.20 bits per heavy atom. The number of rotatable bonds is 0. The van der Waals surface area contributed by atoms with E-state index < -0.39 is 2.50 Å². The summed E-state index contributed by atoms with van der Waals surface area (Å²) in [7, 11) is 1.50. The minimum atomic E-state index is -1.30. The topological polar surface area (TPSA) is 75.9 Å². The van der Waals surface area contributed by atoms with Gasteiger partial charge in [-0.25, -0.2) is 0 Å². The number of hydrogen-bond donors (Lipinski definition) is 3. The fraction of sp³-hybridized carbons (Fsp3) is 0.500. The zero-order chi connectivity index (χ0) is 9.21. The van der Waals surface area contributed by atoms with Crippen molar-refractivity contribution < 1.29 is 0 Å². The molecule has 0 saturated carbocycles. The summed E-state index contributed by atoms with van der Waals surface area (Å²) in [5, 5.41) is 5.86. The quantitative estimate of drug-likeness (QED) is 0.157. The Hall–Kier alpha value is 3.15. The van der Waals surface area contributed by atoms with Crippen molar-refractivity contribution >= 4 is 83.4 Å². The van der Waals surface area contributed by atoms with Crippen molar-refractivity contribution in [1.29, 1.82) is 5.41 Å². The van der Waals surface area contributed by atoms with E-state index in [0.717, 1.165) is 6.34 Å². The minimum absolute atomic E-state index is 0.750. The molecule has 10 heavy (non-hydrogen) atoms. The van der Waals surface area contributed by atoms with Crippen LogP contribution >= 0.6 is 74.5 Å². The molecule has 0 fully saturated rings. The molecular formula is C2H9I4N3Sn. The van der Waals surface area contributed by atoms with E-state index in [2.05, 4.69) is 86.0 Å². The second-order valence-electron chi connectivity index (χ2n) is 0.595. The first-order chi connectivity index (χ1) is 4.41. The average Bonchev–Trinajstić information content (AvgIpc) is 1.68. The molecule has 0 aliphatic carbocycles. The van der Waals surface area contributed by atoms with Crippen LogP contribution in [-0.2, 0) is 0 Å². The zero-order valence-corrected chi connectivity index (χ0v) is 16.7. The van der Waals surface area contributed by atoms with Gasteiger partial charge in [0.05, 0.1) is 6.34 Å². The van der Waals surface area contributed by atoms with Crippen LogP contribution in [0.4, 0.5) is 0 Å². The Kier molecular flexibility index (Phi) is 27.6. The van der Waals surface area contributed by atoms with Crippen LogP contribution in [0.1, 0.15) is 0 Å². The summed E-state index contributed by atoms with van der Waals surface area (Å²) >= 11 is 10.2. The van der Waals surface area contributed by atoms with E-state index in [0.29, 0.717) is 0 Å². The molecule has 0 aliphatic rings. The molecule has 64 valence electrons. The van der Waals surface area contributed by atoms with E-state index in [1.54, 1.807) is 0 Å². The fourth-order valence-corrected chi connectivity index (χ4v) is 0. The predicted octanol–water partition coefficient (Wildman–Crippen LogP) is 2.29. The molecule has 0 spiro atoms. The summed E-state index contributed by atoms with van der Waals surface area (Å²) < 4.78 is -1.30. The molecule has 0 aromatic rings. The van der Waals surface area contributed by atoms with Crippen molar-refractivity contribution in [3.63, 3.8) is 0 Å². The van der Waals surface area contributed by atoms with Gasteiger partial charge in [0.15, 0.2) is 0 Å². The molecule has 0 radical (unpaired) electrons. The molecule has 0 rings (SSSR count). The fourth-order valence-electron chi connectivity index (χ4n) is 0. The Morgan fingerprint density at radius 3 is 1.20 bits per heavy atom. The molecule has 3 nitrogen and oxygen atoms in total. The van der Waals surface area contributed by atoms with E-state index >= 15 is 0 Å². The molecule has 0 aromatic heterocycles. The first-order valence-corrected chi connectivity index (χ1v) is 35.2. The van der Waals surface area contributed by atoms with Crippen LogP contribution in [0.5, 0.6) is 0 Å². The summed E-state index contributed by atoms with van der Waals surface area (Å²) in [5.74, 6) is 0. The Labute approximate surface area is 104 Å². The molecule has 0 aliphatic heterocycles. The second-order valence-corrected chi connectivity index (χ2v) is 130. The van der Waals surface area contributed by atoms with E-state index in [1.807, 2.05) is 0 Å². The van der Waals surface area contributed by atoms with Gasteiger partial charge in [0.25, 0.3) is 0 Å². The van der Waals surface area contributed by atoms with E-state index in [4.69, 9.17) is 5.41 Å². The second kappa shape index (κ2) is 14.7. The van der Waals surface area contributed by atoms with Gasteiger partial charge in [-0.2, -0.15) is 0 Å². The first kappa shape index (κ1) is 18.8. The van der Waals surface area contributed by atoms with Gasteiger partial charge in [-0.3, -0.25) is 5.41 Å². The van der Waals surface area contributed by atoms with Crippen molar-refractivity contribution in [3.8, 4) is 0 Å². The molecule has 0 bridgehead atoms. The van der Waals surface area contributed by atoms with E-state index in [9.17, 15) is 0 Å². The van der Waals surface area contributed by atoms with Gasteiger partial charge < -0.3 is 11.5 Å². The summed E-state index contributed by atoms with van der Waals surface area (Å²) in [6.45, 7) is 0. The monoisotopic (exact) mass is 703 g/mol. The van der Waals surface area contributed by atoms with Crippen molar-refractivity contribution in [3.05, 3.63) is 0 Å². The standard InChI is InChI=1S/CH4N2.CH5N.4HI.Sn/c2-1-3;1-2;;;;;/h1H,(H3,2,3);2H2,1H3;4*1H;/q;;;;;;+4/p-4. The molecule has 0 amide bonds. The van der Waals surface area contributed by atoms with E-state index in [1.165, 1.54) is 7.05 Å². The molecule has 0 heterocycles. The van der Waals surface area contributed by atoms with Gasteiger partial charge in [0, 0.05) is 0 Å². The molecule has 8 heteroatoms. The third-order valence-electron chi connectivity index (χ3n) is 0. The molecule has 5 N–H and O–H groups in total. The van der Waals surface area contributed by atoms with Crippen LogP contribution in [0.15, 0.2) is 0 Å². The Balaban J connectivity index is -0.0000000847. The van der Waals surface area contributed by atoms with Crippen LogP contribution in [0.3, 0.4) is 0 Å². The van der Waals surface area contributed by atoms with E-state index in [-0.39, 0.29) is 0 Å². The van der Waals surface area contributed by atoms with Crippen LogP contribution < -0.4 is 11.5 Å². The normalized spacial score (nSPS) is 7.80. The van der Waals surface area contributed by atoms with Gasteiger partial charge in [-0.1, -0.05) is 0 Å². The number of nitrogens with two attached hydrogens (primary N) is 2. The Bertz CT molecular complexity index is 58.0. The van der Waals surface area contributed by atoms with Crippen LogP contribution in [0.2, 0.25) is 0 Å². The summed E-state index contributed by atoms with van der Waals surface area (Å²) in [6.07, 6.45) is 0.750. The summed E-state index contributed by atoms with van der Waals surface area (Å²) in [6, 6.07) is 0. The Morgan fingerprint density at radius 2 is 1.20 bits per heavy atom. The summed E-state index contributed by atoms with van der Waals surface area (Å²) in [4.78, 5) is 0. The van der Waals surface area contributed by atoms with Crippen LogP contribution in [0, 0.1) is 5.41 Å². The molecule has 0 unspecified atom stereocenters. The van der Waals surface area contributed by atoms with Crippen molar-refractivity contribution in [2.75, 3.05) is 7.05 Å². The van der Waals surface area contributed by atoms with Gasteiger partial charge in [-0.15, -0.1) is 0 Å². The van der Waals surface area contributed by atoms with Gasteiger partial charge in [0.1, 0.15) is 0 Å². The predicted molar refractivity (Wildman–Crippen MR) is 84.9 cm³/mol. The number of nitrogens with one attached hydrogen (secondary N) is 1. The molecular weight excluding hydrogens is 692 g/mol. The SMILES string of the molecule is CN.N=CN.[I][Sn]([I])([I])[I]. The number of halogens is 4. The van der Waals surface area contributed by atoms with Crippen molar-refractivity contribution in [1.82, 2.24) is 0 Å². The van der Waals surface area contributed by atoms with Gasteiger partial charge >= 0.3 is 77.0 Å². The third kappa shape index (κ3) is 116. The van der Waals surface area contributed by atoms with Gasteiger partial charge in [-0.05, 0) is 7.05 Å². The van der Waals surface area contributed by atoms with Gasteiger partial charge in [0.2, 0.25) is 0 Å². The van der Waals surface area contributed by atoms with Crippen LogP contribution in [0.25, 0.3) is 0 Å². The summed E-state index contributed by atoms with van der Waals surface area (Å²) in [5.41, 5.74) is 8.89. The maximum atomic E-state index is 5.86.